The van der Waals surface area contributed by atoms with E-state index in [2.05, 4.69) is 122 Å². The Morgan fingerprint density at radius 2 is 1.19 bits per heavy atom. The Labute approximate surface area is 201 Å². The summed E-state index contributed by atoms with van der Waals surface area (Å²) in [5.41, 5.74) is 2.18. The second-order valence-corrected chi connectivity index (χ2v) is 10.1. The summed E-state index contributed by atoms with van der Waals surface area (Å²) < 4.78 is 5.43. The molecule has 1 aliphatic rings. The standard InChI is InChI=1S/C23H20NP.C5H8.Ti/c1-4-14-21(15-5-1)25(22-16-6-2-7-17-22,23-18-8-3-9-19-23)24-20-12-10-11-13-20;1-4-5(2)3;/h1-12,14-19H,13H2;4H,1-2H2,3H3;. The summed E-state index contributed by atoms with van der Waals surface area (Å²) in [6.45, 7) is 8.93. The average molecular weight is 457 g/mol. The fraction of sp³-hybridized carbons (Fsp3) is 0.0714. The van der Waals surface area contributed by atoms with Crippen molar-refractivity contribution in [2.24, 2.45) is 4.74 Å². The Bertz CT molecular complexity index is 994. The molecule has 0 aromatic heterocycles. The number of hydrogen-bond donors (Lipinski definition) is 0. The zero-order valence-corrected chi connectivity index (χ0v) is 20.4. The number of nitrogens with zero attached hydrogens (tertiary/aromatic N) is 1. The van der Waals surface area contributed by atoms with Gasteiger partial charge in [0.2, 0.25) is 0 Å². The van der Waals surface area contributed by atoms with Crippen LogP contribution in [0.3, 0.4) is 0 Å². The average Bonchev–Trinajstić information content (AvgIpc) is 3.33. The van der Waals surface area contributed by atoms with E-state index in [1.165, 1.54) is 15.9 Å². The maximum atomic E-state index is 5.43. The molecule has 0 spiro atoms. The van der Waals surface area contributed by atoms with Crippen LogP contribution in [0.2, 0.25) is 0 Å². The third-order valence-electron chi connectivity index (χ3n) is 4.77. The number of rotatable bonds is 5. The molecule has 1 aliphatic carbocycles. The second-order valence-electron chi connectivity index (χ2n) is 7.08. The van der Waals surface area contributed by atoms with Crippen molar-refractivity contribution < 1.29 is 21.7 Å². The first-order chi connectivity index (χ1) is 14.7. The monoisotopic (exact) mass is 457 g/mol. The molecule has 0 saturated carbocycles. The largest absolute Gasteiger partial charge is 0.258 e. The summed E-state index contributed by atoms with van der Waals surface area (Å²) in [6, 6.07) is 32.3. The Morgan fingerprint density at radius 3 is 1.48 bits per heavy atom. The predicted octanol–water partition coefficient (Wildman–Crippen LogP) is 6.75. The normalized spacial score (nSPS) is 12.0. The number of allylic oxidation sites excluding steroid dienone is 5. The van der Waals surface area contributed by atoms with Gasteiger partial charge in [0, 0.05) is 49.7 Å². The second kappa shape index (κ2) is 12.4. The Balaban J connectivity index is 0.000000514. The first kappa shape index (κ1) is 24.8. The summed E-state index contributed by atoms with van der Waals surface area (Å²) >= 11 is 0. The van der Waals surface area contributed by atoms with Gasteiger partial charge in [0.15, 0.2) is 0 Å². The molecule has 1 nitrogen and oxygen atoms in total. The molecule has 0 bridgehead atoms. The molecule has 3 aromatic carbocycles. The quantitative estimate of drug-likeness (QED) is 0.228. The Morgan fingerprint density at radius 1 is 0.806 bits per heavy atom. The first-order valence-electron chi connectivity index (χ1n) is 10.1. The summed E-state index contributed by atoms with van der Waals surface area (Å²) in [5.74, 6) is 0. The van der Waals surface area contributed by atoms with Crippen LogP contribution in [0.25, 0.3) is 0 Å². The van der Waals surface area contributed by atoms with E-state index in [0.717, 1.165) is 17.7 Å². The van der Waals surface area contributed by atoms with Crippen LogP contribution in [0.4, 0.5) is 0 Å². The van der Waals surface area contributed by atoms with Crippen LogP contribution in [-0.2, 0) is 21.7 Å². The first-order valence-corrected chi connectivity index (χ1v) is 11.8. The van der Waals surface area contributed by atoms with Crippen molar-refractivity contribution in [2.75, 3.05) is 0 Å². The van der Waals surface area contributed by atoms with Crippen molar-refractivity contribution in [3.63, 3.8) is 0 Å². The van der Waals surface area contributed by atoms with E-state index in [1.54, 1.807) is 6.08 Å². The molecule has 0 fully saturated rings. The minimum absolute atomic E-state index is 0. The zero-order valence-electron chi connectivity index (χ0n) is 18.0. The van der Waals surface area contributed by atoms with Crippen LogP contribution < -0.4 is 15.9 Å². The summed E-state index contributed by atoms with van der Waals surface area (Å²) in [5, 5.41) is 3.88. The summed E-state index contributed by atoms with van der Waals surface area (Å²) in [4.78, 5) is 0. The topological polar surface area (TPSA) is 12.4 Å². The molecule has 4 rings (SSSR count). The molecule has 154 valence electrons. The van der Waals surface area contributed by atoms with Crippen molar-refractivity contribution in [1.82, 2.24) is 0 Å². The van der Waals surface area contributed by atoms with Crippen LogP contribution in [0.5, 0.6) is 0 Å². The van der Waals surface area contributed by atoms with Gasteiger partial charge in [0.05, 0.1) is 7.05 Å². The minimum atomic E-state index is -2.09. The molecule has 0 radical (unpaired) electrons. The number of hydrogen-bond acceptors (Lipinski definition) is 1. The molecule has 0 unspecified atom stereocenters. The van der Waals surface area contributed by atoms with E-state index in [-0.39, 0.29) is 21.7 Å². The van der Waals surface area contributed by atoms with Crippen molar-refractivity contribution in [3.05, 3.63) is 140 Å². The fourth-order valence-electron chi connectivity index (χ4n) is 3.25. The van der Waals surface area contributed by atoms with E-state index >= 15 is 0 Å². The van der Waals surface area contributed by atoms with E-state index < -0.39 is 7.05 Å². The van der Waals surface area contributed by atoms with Crippen LogP contribution in [0.15, 0.2) is 144 Å². The fourth-order valence-corrected chi connectivity index (χ4v) is 6.84. The van der Waals surface area contributed by atoms with E-state index in [0.29, 0.717) is 0 Å². The van der Waals surface area contributed by atoms with Gasteiger partial charge in [-0.25, -0.2) is 0 Å². The van der Waals surface area contributed by atoms with Crippen LogP contribution in [-0.4, -0.2) is 0 Å². The maximum Gasteiger partial charge on any atom is 0.0608 e. The summed E-state index contributed by atoms with van der Waals surface area (Å²) in [7, 11) is -2.09. The van der Waals surface area contributed by atoms with Crippen molar-refractivity contribution in [1.29, 1.82) is 0 Å². The molecule has 0 heterocycles. The van der Waals surface area contributed by atoms with Crippen LogP contribution in [0.1, 0.15) is 13.3 Å². The Kier molecular flexibility index (Phi) is 9.95. The molecule has 0 amide bonds. The molecule has 0 saturated heterocycles. The van der Waals surface area contributed by atoms with Gasteiger partial charge in [-0.3, -0.25) is 4.74 Å². The molecule has 3 aromatic rings. The molecular weight excluding hydrogens is 429 g/mol. The zero-order chi connectivity index (χ0) is 21.2. The van der Waals surface area contributed by atoms with Crippen molar-refractivity contribution in [2.45, 2.75) is 13.3 Å². The third kappa shape index (κ3) is 6.28. The van der Waals surface area contributed by atoms with Gasteiger partial charge in [0.1, 0.15) is 0 Å². The van der Waals surface area contributed by atoms with Crippen LogP contribution >= 0.6 is 7.05 Å². The van der Waals surface area contributed by atoms with Gasteiger partial charge >= 0.3 is 0 Å². The van der Waals surface area contributed by atoms with E-state index in [1.807, 2.05) is 6.92 Å². The van der Waals surface area contributed by atoms with Gasteiger partial charge in [-0.2, -0.15) is 0 Å². The third-order valence-corrected chi connectivity index (χ3v) is 8.46. The smallest absolute Gasteiger partial charge is 0.0608 e. The van der Waals surface area contributed by atoms with E-state index in [9.17, 15) is 0 Å². The van der Waals surface area contributed by atoms with Gasteiger partial charge in [-0.05, 0) is 13.0 Å². The Hall–Kier alpha value is -2.44. The van der Waals surface area contributed by atoms with Gasteiger partial charge in [-0.1, -0.05) is 128 Å². The molecule has 31 heavy (non-hydrogen) atoms. The van der Waals surface area contributed by atoms with Gasteiger partial charge in [-0.15, -0.1) is 0 Å². The van der Waals surface area contributed by atoms with E-state index in [4.69, 9.17) is 4.74 Å². The van der Waals surface area contributed by atoms with Gasteiger partial charge in [0.25, 0.3) is 0 Å². The van der Waals surface area contributed by atoms with Crippen LogP contribution in [0, 0.1) is 0 Å². The van der Waals surface area contributed by atoms with Crippen molar-refractivity contribution in [3.8, 4) is 0 Å². The van der Waals surface area contributed by atoms with Gasteiger partial charge < -0.3 is 0 Å². The summed E-state index contributed by atoms with van der Waals surface area (Å²) in [6.07, 6.45) is 9.06. The number of benzene rings is 3. The molecule has 3 heteroatoms. The minimum Gasteiger partial charge on any atom is -0.258 e. The molecule has 0 aliphatic heterocycles. The predicted molar refractivity (Wildman–Crippen MR) is 134 cm³/mol. The van der Waals surface area contributed by atoms with Crippen molar-refractivity contribution >= 4 is 23.0 Å². The molecular formula is C28H28NPTi. The molecule has 0 N–H and O–H groups in total. The SMILES string of the molecule is C1=CCC(N=P(c2ccccc2)(c2ccccc2)c2ccccc2)=C1.C=CC(=C)C.[Ti]. The molecule has 0 atom stereocenters. The maximum absolute atomic E-state index is 5.43.